The van der Waals surface area contributed by atoms with Crippen molar-refractivity contribution in [2.24, 2.45) is 11.3 Å². The molecule has 0 aromatic heterocycles. The van der Waals surface area contributed by atoms with E-state index in [-0.39, 0.29) is 12.1 Å². The predicted molar refractivity (Wildman–Crippen MR) is 66.3 cm³/mol. The monoisotopic (exact) mass is 255 g/mol. The van der Waals surface area contributed by atoms with Crippen LogP contribution in [-0.2, 0) is 4.57 Å². The van der Waals surface area contributed by atoms with Crippen molar-refractivity contribution < 1.29 is 14.4 Å². The number of rotatable bonds is 4. The van der Waals surface area contributed by atoms with Crippen molar-refractivity contribution >= 4 is 7.60 Å². The highest BCUT2D eigenvalue weighted by Crippen LogP contribution is 2.49. The normalized spacial score (nSPS) is 28.6. The molecule has 5 heteroatoms. The topological polar surface area (TPSA) is 81.3 Å². The summed E-state index contributed by atoms with van der Waals surface area (Å²) >= 11 is 0. The van der Waals surface area contributed by atoms with Gasteiger partial charge in [-0.05, 0) is 12.8 Å². The Bertz CT molecular complexity index is 430. The summed E-state index contributed by atoms with van der Waals surface area (Å²) in [5.74, 6) is -0.381. The van der Waals surface area contributed by atoms with Gasteiger partial charge in [-0.1, -0.05) is 37.6 Å². The maximum atomic E-state index is 11.2. The highest BCUT2D eigenvalue weighted by Gasteiger charge is 2.41. The summed E-state index contributed by atoms with van der Waals surface area (Å²) in [5.41, 5.74) is 0.167. The second kappa shape index (κ2) is 5.18. The number of nitrogens with zero attached hydrogens (tertiary/aromatic N) is 1. The zero-order valence-corrected chi connectivity index (χ0v) is 11.0. The average molecular weight is 255 g/mol. The van der Waals surface area contributed by atoms with Gasteiger partial charge in [0.2, 0.25) is 0 Å². The minimum absolute atomic E-state index is 0.252. The molecule has 0 aromatic carbocycles. The fourth-order valence-corrected chi connectivity index (χ4v) is 3.38. The fourth-order valence-electron chi connectivity index (χ4n) is 2.35. The maximum absolute atomic E-state index is 11.2. The summed E-state index contributed by atoms with van der Waals surface area (Å²) in [4.78, 5) is 18.3. The minimum Gasteiger partial charge on any atom is -0.324 e. The highest BCUT2D eigenvalue weighted by atomic mass is 31.2. The molecule has 0 saturated heterocycles. The van der Waals surface area contributed by atoms with Crippen LogP contribution >= 0.6 is 7.60 Å². The minimum atomic E-state index is -4.12. The van der Waals surface area contributed by atoms with Crippen molar-refractivity contribution in [1.82, 2.24) is 0 Å². The van der Waals surface area contributed by atoms with E-state index in [1.165, 1.54) is 0 Å². The van der Waals surface area contributed by atoms with E-state index >= 15 is 0 Å². The summed E-state index contributed by atoms with van der Waals surface area (Å²) in [7, 11) is -4.12. The standard InChI is InChI=1S/C12H18NO3P/c1-3-10-6-5-7-12(4-2,9-13)11(10)8-17(14,15)16/h5-7,11H,3-4,8H2,1-2H3,(H2,14,15,16). The Hall–Kier alpha value is -0.880. The Labute approximate surface area is 102 Å². The van der Waals surface area contributed by atoms with E-state index in [1.54, 1.807) is 6.08 Å². The fraction of sp³-hybridized carbons (Fsp3) is 0.583. The van der Waals surface area contributed by atoms with Crippen molar-refractivity contribution in [2.75, 3.05) is 6.16 Å². The van der Waals surface area contributed by atoms with Crippen molar-refractivity contribution in [1.29, 1.82) is 5.26 Å². The lowest BCUT2D eigenvalue weighted by Gasteiger charge is -2.35. The van der Waals surface area contributed by atoms with Crippen LogP contribution < -0.4 is 0 Å². The second-order valence-corrected chi connectivity index (χ2v) is 6.05. The van der Waals surface area contributed by atoms with Crippen LogP contribution in [0, 0.1) is 22.7 Å². The number of hydrogen-bond donors (Lipinski definition) is 2. The lowest BCUT2D eigenvalue weighted by atomic mass is 9.69. The summed E-state index contributed by atoms with van der Waals surface area (Å²) in [6.45, 7) is 3.81. The second-order valence-electron chi connectivity index (χ2n) is 4.36. The Morgan fingerprint density at radius 3 is 2.59 bits per heavy atom. The Morgan fingerprint density at radius 1 is 1.53 bits per heavy atom. The zero-order chi connectivity index (χ0) is 13.1. The maximum Gasteiger partial charge on any atom is 0.326 e. The first-order chi connectivity index (χ1) is 7.88. The van der Waals surface area contributed by atoms with Gasteiger partial charge in [0.25, 0.3) is 0 Å². The lowest BCUT2D eigenvalue weighted by Crippen LogP contribution is -2.32. The van der Waals surface area contributed by atoms with Crippen molar-refractivity contribution in [3.8, 4) is 6.07 Å². The number of nitriles is 1. The molecule has 17 heavy (non-hydrogen) atoms. The average Bonchev–Trinajstić information content (AvgIpc) is 2.28. The largest absolute Gasteiger partial charge is 0.326 e. The number of hydrogen-bond acceptors (Lipinski definition) is 2. The van der Waals surface area contributed by atoms with E-state index < -0.39 is 13.0 Å². The van der Waals surface area contributed by atoms with Gasteiger partial charge in [0.1, 0.15) is 0 Å². The molecule has 1 aliphatic carbocycles. The molecule has 2 unspecified atom stereocenters. The van der Waals surface area contributed by atoms with Crippen LogP contribution in [0.2, 0.25) is 0 Å². The molecule has 0 saturated carbocycles. The third-order valence-corrected chi connectivity index (χ3v) is 4.24. The molecule has 0 radical (unpaired) electrons. The van der Waals surface area contributed by atoms with Gasteiger partial charge >= 0.3 is 7.60 Å². The van der Waals surface area contributed by atoms with Crippen molar-refractivity contribution in [3.05, 3.63) is 23.8 Å². The molecule has 0 spiro atoms. The Kier molecular flexibility index (Phi) is 4.32. The van der Waals surface area contributed by atoms with E-state index in [9.17, 15) is 9.83 Å². The Balaban J connectivity index is 3.16. The Morgan fingerprint density at radius 2 is 2.18 bits per heavy atom. The molecular formula is C12H18NO3P. The quantitative estimate of drug-likeness (QED) is 0.756. The SMILES string of the molecule is CCC1=CC=CC(C#N)(CC)C1CP(=O)(O)O. The first kappa shape index (κ1) is 14.2. The van der Waals surface area contributed by atoms with Crippen LogP contribution in [0.4, 0.5) is 0 Å². The third kappa shape index (κ3) is 3.07. The molecule has 2 atom stereocenters. The molecule has 1 rings (SSSR count). The molecule has 0 aromatic rings. The summed E-state index contributed by atoms with van der Waals surface area (Å²) in [6, 6.07) is 2.23. The molecule has 94 valence electrons. The summed E-state index contributed by atoms with van der Waals surface area (Å²) in [6.07, 6.45) is 6.47. The van der Waals surface area contributed by atoms with Crippen molar-refractivity contribution in [3.63, 3.8) is 0 Å². The molecule has 0 amide bonds. The lowest BCUT2D eigenvalue weighted by molar-refractivity contribution is 0.317. The molecule has 4 nitrogen and oxygen atoms in total. The van der Waals surface area contributed by atoms with Crippen LogP contribution in [0.5, 0.6) is 0 Å². The van der Waals surface area contributed by atoms with Crippen LogP contribution in [0.1, 0.15) is 26.7 Å². The van der Waals surface area contributed by atoms with E-state index in [0.29, 0.717) is 12.8 Å². The molecule has 1 aliphatic rings. The van der Waals surface area contributed by atoms with Gasteiger partial charge in [-0.2, -0.15) is 5.26 Å². The predicted octanol–water partition coefficient (Wildman–Crippen LogP) is 2.61. The summed E-state index contributed by atoms with van der Waals surface area (Å²) in [5, 5.41) is 9.34. The van der Waals surface area contributed by atoms with Crippen molar-refractivity contribution in [2.45, 2.75) is 26.7 Å². The summed E-state index contributed by atoms with van der Waals surface area (Å²) < 4.78 is 11.2. The molecule has 0 bridgehead atoms. The van der Waals surface area contributed by atoms with Gasteiger partial charge in [-0.15, -0.1) is 0 Å². The van der Waals surface area contributed by atoms with E-state index in [2.05, 4.69) is 6.07 Å². The van der Waals surface area contributed by atoms with Gasteiger partial charge in [-0.3, -0.25) is 4.57 Å². The molecule has 2 N–H and O–H groups in total. The molecular weight excluding hydrogens is 237 g/mol. The van der Waals surface area contributed by atoms with Gasteiger partial charge in [-0.25, -0.2) is 0 Å². The van der Waals surface area contributed by atoms with E-state index in [0.717, 1.165) is 5.57 Å². The van der Waals surface area contributed by atoms with Crippen LogP contribution in [0.3, 0.4) is 0 Å². The van der Waals surface area contributed by atoms with Gasteiger partial charge in [0.15, 0.2) is 0 Å². The van der Waals surface area contributed by atoms with E-state index in [4.69, 9.17) is 9.79 Å². The van der Waals surface area contributed by atoms with Crippen LogP contribution in [-0.4, -0.2) is 15.9 Å². The smallest absolute Gasteiger partial charge is 0.324 e. The molecule has 0 fully saturated rings. The number of allylic oxidation sites excluding steroid dienone is 4. The van der Waals surface area contributed by atoms with E-state index in [1.807, 2.05) is 26.0 Å². The molecule has 0 heterocycles. The first-order valence-corrected chi connectivity index (χ1v) is 7.52. The third-order valence-electron chi connectivity index (χ3n) is 3.40. The van der Waals surface area contributed by atoms with Crippen LogP contribution in [0.25, 0.3) is 0 Å². The van der Waals surface area contributed by atoms with Gasteiger partial charge in [0, 0.05) is 5.92 Å². The first-order valence-electron chi connectivity index (χ1n) is 5.72. The highest BCUT2D eigenvalue weighted by molar-refractivity contribution is 7.51. The zero-order valence-electron chi connectivity index (χ0n) is 10.1. The molecule has 0 aliphatic heterocycles. The van der Waals surface area contributed by atoms with Gasteiger partial charge in [0.05, 0.1) is 17.6 Å². The van der Waals surface area contributed by atoms with Crippen LogP contribution in [0.15, 0.2) is 23.8 Å². The van der Waals surface area contributed by atoms with Gasteiger partial charge < -0.3 is 9.79 Å².